The zero-order valence-electron chi connectivity index (χ0n) is 14.5. The van der Waals surface area contributed by atoms with Crippen molar-refractivity contribution in [1.29, 1.82) is 0 Å². The van der Waals surface area contributed by atoms with Crippen LogP contribution in [0.2, 0.25) is 0 Å². The first-order chi connectivity index (χ1) is 12.4. The van der Waals surface area contributed by atoms with E-state index in [1.165, 1.54) is 27.3 Å². The third kappa shape index (κ3) is 3.11. The molecule has 3 rings (SSSR count). The summed E-state index contributed by atoms with van der Waals surface area (Å²) in [5.41, 5.74) is -0.872. The van der Waals surface area contributed by atoms with Crippen LogP contribution in [0.15, 0.2) is 34.3 Å². The SMILES string of the molecule is CSc1ncc2c(=O)n(CCO)n(-c3cccc(C(C)(C)OF)n3)c2n1. The van der Waals surface area contributed by atoms with Crippen molar-refractivity contribution in [1.82, 2.24) is 24.3 Å². The molecule has 0 unspecified atom stereocenters. The Morgan fingerprint density at radius 2 is 2.12 bits per heavy atom. The number of rotatable bonds is 6. The lowest BCUT2D eigenvalue weighted by atomic mass is 10.1. The number of aromatic nitrogens is 5. The average molecular weight is 379 g/mol. The Morgan fingerprint density at radius 3 is 2.77 bits per heavy atom. The molecule has 10 heteroatoms. The van der Waals surface area contributed by atoms with Crippen molar-refractivity contribution < 1.29 is 14.6 Å². The molecule has 0 fully saturated rings. The highest BCUT2D eigenvalue weighted by molar-refractivity contribution is 7.98. The molecule has 138 valence electrons. The Balaban J connectivity index is 2.31. The number of aliphatic hydroxyl groups is 1. The van der Waals surface area contributed by atoms with Crippen LogP contribution in [0.1, 0.15) is 19.5 Å². The summed E-state index contributed by atoms with van der Waals surface area (Å²) >= 11 is 1.34. The Morgan fingerprint density at radius 1 is 1.35 bits per heavy atom. The highest BCUT2D eigenvalue weighted by Gasteiger charge is 2.26. The topological polar surface area (TPSA) is 95.1 Å². The van der Waals surface area contributed by atoms with Gasteiger partial charge in [-0.15, -0.1) is 0 Å². The molecule has 8 nitrogen and oxygen atoms in total. The molecule has 0 saturated heterocycles. The van der Waals surface area contributed by atoms with E-state index < -0.39 is 5.60 Å². The number of hydrogen-bond donors (Lipinski definition) is 1. The molecule has 0 atom stereocenters. The third-order valence-electron chi connectivity index (χ3n) is 3.91. The van der Waals surface area contributed by atoms with Crippen LogP contribution < -0.4 is 5.56 Å². The maximum Gasteiger partial charge on any atom is 0.278 e. The van der Waals surface area contributed by atoms with Gasteiger partial charge in [-0.05, 0) is 36.8 Å². The van der Waals surface area contributed by atoms with Crippen molar-refractivity contribution in [2.45, 2.75) is 31.1 Å². The van der Waals surface area contributed by atoms with Crippen LogP contribution >= 0.6 is 11.8 Å². The Labute approximate surface area is 152 Å². The first-order valence-electron chi connectivity index (χ1n) is 7.84. The highest BCUT2D eigenvalue weighted by Crippen LogP contribution is 2.25. The normalized spacial score (nSPS) is 12.0. The second kappa shape index (κ2) is 7.14. The summed E-state index contributed by atoms with van der Waals surface area (Å²) < 4.78 is 15.7. The molecular formula is C16H18FN5O3S. The quantitative estimate of drug-likeness (QED) is 0.516. The zero-order valence-corrected chi connectivity index (χ0v) is 15.3. The van der Waals surface area contributed by atoms with Gasteiger partial charge in [0.1, 0.15) is 11.0 Å². The van der Waals surface area contributed by atoms with E-state index in [2.05, 4.69) is 19.9 Å². The van der Waals surface area contributed by atoms with Gasteiger partial charge in [0.05, 0.1) is 18.8 Å². The largest absolute Gasteiger partial charge is 0.394 e. The number of hydrogen-bond acceptors (Lipinski definition) is 7. The minimum Gasteiger partial charge on any atom is -0.394 e. The first kappa shape index (κ1) is 18.5. The summed E-state index contributed by atoms with van der Waals surface area (Å²) in [4.78, 5) is 29.7. The van der Waals surface area contributed by atoms with Crippen molar-refractivity contribution >= 4 is 22.8 Å². The molecule has 0 aliphatic rings. The highest BCUT2D eigenvalue weighted by atomic mass is 32.2. The van der Waals surface area contributed by atoms with Gasteiger partial charge in [-0.3, -0.25) is 4.79 Å². The van der Waals surface area contributed by atoms with E-state index in [-0.39, 0.29) is 18.7 Å². The van der Waals surface area contributed by atoms with E-state index in [1.54, 1.807) is 32.0 Å². The summed E-state index contributed by atoms with van der Waals surface area (Å²) in [6.07, 6.45) is 3.29. The maximum atomic E-state index is 12.9. The predicted molar refractivity (Wildman–Crippen MR) is 95.0 cm³/mol. The van der Waals surface area contributed by atoms with Gasteiger partial charge in [-0.2, -0.15) is 4.94 Å². The number of nitrogens with zero attached hydrogens (tertiary/aromatic N) is 5. The summed E-state index contributed by atoms with van der Waals surface area (Å²) in [5, 5.41) is 10.2. The molecule has 0 aliphatic carbocycles. The number of fused-ring (bicyclic) bond motifs is 1. The molecule has 3 heterocycles. The first-order valence-corrected chi connectivity index (χ1v) is 9.06. The molecular weight excluding hydrogens is 361 g/mol. The van der Waals surface area contributed by atoms with Gasteiger partial charge in [0.25, 0.3) is 5.56 Å². The second-order valence-electron chi connectivity index (χ2n) is 6.03. The molecule has 0 spiro atoms. The molecule has 26 heavy (non-hydrogen) atoms. The number of pyridine rings is 1. The fourth-order valence-corrected chi connectivity index (χ4v) is 2.89. The van der Waals surface area contributed by atoms with E-state index >= 15 is 0 Å². The van der Waals surface area contributed by atoms with Crippen LogP contribution in [-0.4, -0.2) is 42.3 Å². The Hall–Kier alpha value is -2.30. The van der Waals surface area contributed by atoms with E-state index in [0.717, 1.165) is 0 Å². The maximum absolute atomic E-state index is 12.9. The fraction of sp³-hybridized carbons (Fsp3) is 0.375. The standard InChI is InChI=1S/C16H18FN5O3S/c1-16(2,25-17)11-5-4-6-12(19-11)22-13-10(9-18-15(20-13)26-3)14(24)21(22)7-8-23/h4-6,9,23H,7-8H2,1-3H3. The lowest BCUT2D eigenvalue weighted by Gasteiger charge is -2.19. The Bertz CT molecular complexity index is 1000. The van der Waals surface area contributed by atoms with Crippen LogP contribution in [0.25, 0.3) is 16.9 Å². The molecule has 0 aliphatic heterocycles. The van der Waals surface area contributed by atoms with Crippen molar-refractivity contribution in [2.24, 2.45) is 0 Å². The fourth-order valence-electron chi connectivity index (χ4n) is 2.56. The number of halogens is 1. The van der Waals surface area contributed by atoms with Crippen LogP contribution in [0.4, 0.5) is 4.53 Å². The van der Waals surface area contributed by atoms with Gasteiger partial charge < -0.3 is 5.11 Å². The summed E-state index contributed by atoms with van der Waals surface area (Å²) in [5.74, 6) is 0.360. The van der Waals surface area contributed by atoms with Crippen LogP contribution in [-0.2, 0) is 17.1 Å². The zero-order chi connectivity index (χ0) is 18.9. The van der Waals surface area contributed by atoms with E-state index in [9.17, 15) is 14.4 Å². The van der Waals surface area contributed by atoms with E-state index in [4.69, 9.17) is 0 Å². The molecule has 0 radical (unpaired) electrons. The smallest absolute Gasteiger partial charge is 0.278 e. The minimum atomic E-state index is -1.25. The van der Waals surface area contributed by atoms with Gasteiger partial charge in [0.15, 0.2) is 16.6 Å². The lowest BCUT2D eigenvalue weighted by molar-refractivity contribution is -0.229. The number of aliphatic hydroxyl groups excluding tert-OH is 1. The average Bonchev–Trinajstić information content (AvgIpc) is 2.93. The van der Waals surface area contributed by atoms with Crippen LogP contribution in [0, 0.1) is 0 Å². The molecule has 0 saturated carbocycles. The van der Waals surface area contributed by atoms with Crippen LogP contribution in [0.5, 0.6) is 0 Å². The van der Waals surface area contributed by atoms with Gasteiger partial charge in [-0.1, -0.05) is 17.8 Å². The summed E-state index contributed by atoms with van der Waals surface area (Å²) in [6, 6.07) is 4.99. The number of thioether (sulfide) groups is 1. The third-order valence-corrected chi connectivity index (χ3v) is 4.47. The van der Waals surface area contributed by atoms with E-state index in [0.29, 0.717) is 27.7 Å². The summed E-state index contributed by atoms with van der Waals surface area (Å²) in [7, 11) is 0. The van der Waals surface area contributed by atoms with Gasteiger partial charge in [0.2, 0.25) is 0 Å². The monoisotopic (exact) mass is 379 g/mol. The van der Waals surface area contributed by atoms with Gasteiger partial charge in [0, 0.05) is 6.20 Å². The van der Waals surface area contributed by atoms with Crippen molar-refractivity contribution in [3.05, 3.63) is 40.4 Å². The molecule has 0 bridgehead atoms. The van der Waals surface area contributed by atoms with Crippen LogP contribution in [0.3, 0.4) is 0 Å². The van der Waals surface area contributed by atoms with Crippen molar-refractivity contribution in [2.75, 3.05) is 12.9 Å². The van der Waals surface area contributed by atoms with Crippen molar-refractivity contribution in [3.63, 3.8) is 0 Å². The molecule has 1 N–H and O–H groups in total. The van der Waals surface area contributed by atoms with Crippen molar-refractivity contribution in [3.8, 4) is 5.82 Å². The lowest BCUT2D eigenvalue weighted by Crippen LogP contribution is -2.25. The molecule has 3 aromatic heterocycles. The molecule has 3 aromatic rings. The van der Waals surface area contributed by atoms with Gasteiger partial charge in [-0.25, -0.2) is 24.3 Å². The Kier molecular flexibility index (Phi) is 5.08. The molecule has 0 aromatic carbocycles. The van der Waals surface area contributed by atoms with E-state index in [1.807, 2.05) is 6.26 Å². The second-order valence-corrected chi connectivity index (χ2v) is 6.80. The minimum absolute atomic E-state index is 0.0543. The molecule has 0 amide bonds. The predicted octanol–water partition coefficient (Wildman–Crippen LogP) is 1.83. The van der Waals surface area contributed by atoms with Gasteiger partial charge >= 0.3 is 0 Å². The summed E-state index contributed by atoms with van der Waals surface area (Å²) in [6.45, 7) is 2.90.